The molecule has 3 aromatic heterocycles. The molecule has 6 nitrogen and oxygen atoms in total. The van der Waals surface area contributed by atoms with E-state index in [-0.39, 0.29) is 10.8 Å². The number of sulfonamides is 1. The highest BCUT2D eigenvalue weighted by Crippen LogP contribution is 2.32. The molecule has 0 saturated heterocycles. The zero-order valence-electron chi connectivity index (χ0n) is 14.8. The van der Waals surface area contributed by atoms with E-state index in [0.717, 1.165) is 39.4 Å². The number of anilines is 1. The Hall–Kier alpha value is -3.03. The fraction of sp³-hybridized carbons (Fsp3) is 0.0500. The van der Waals surface area contributed by atoms with Gasteiger partial charge in [0.1, 0.15) is 0 Å². The molecule has 28 heavy (non-hydrogen) atoms. The van der Waals surface area contributed by atoms with E-state index in [2.05, 4.69) is 19.7 Å². The number of aromatic nitrogens is 3. The normalized spacial score (nSPS) is 11.5. The summed E-state index contributed by atoms with van der Waals surface area (Å²) in [6.07, 6.45) is 7.98. The fourth-order valence-corrected chi connectivity index (χ4v) is 3.74. The minimum Gasteiger partial charge on any atom is -0.281 e. The van der Waals surface area contributed by atoms with Gasteiger partial charge >= 0.3 is 0 Å². The molecule has 0 fully saturated rings. The zero-order chi connectivity index (χ0) is 19.7. The Morgan fingerprint density at radius 3 is 2.54 bits per heavy atom. The number of halogens is 1. The molecule has 0 radical (unpaired) electrons. The van der Waals surface area contributed by atoms with Gasteiger partial charge in [-0.2, -0.15) is 0 Å². The first-order valence-electron chi connectivity index (χ1n) is 8.33. The van der Waals surface area contributed by atoms with Gasteiger partial charge < -0.3 is 0 Å². The second kappa shape index (κ2) is 7.18. The third-order valence-corrected chi connectivity index (χ3v) is 5.07. The number of nitrogens with zero attached hydrogens (tertiary/aromatic N) is 3. The monoisotopic (exact) mass is 410 g/mol. The minimum absolute atomic E-state index is 0.0904. The van der Waals surface area contributed by atoms with Crippen molar-refractivity contribution in [3.05, 3.63) is 72.4 Å². The molecule has 0 spiro atoms. The van der Waals surface area contributed by atoms with Crippen LogP contribution in [0.25, 0.3) is 33.2 Å². The Kier molecular flexibility index (Phi) is 4.70. The fourth-order valence-electron chi connectivity index (χ4n) is 2.98. The van der Waals surface area contributed by atoms with Gasteiger partial charge in [-0.05, 0) is 41.5 Å². The van der Waals surface area contributed by atoms with Gasteiger partial charge in [-0.25, -0.2) is 13.4 Å². The van der Waals surface area contributed by atoms with E-state index >= 15 is 0 Å². The van der Waals surface area contributed by atoms with E-state index < -0.39 is 10.0 Å². The lowest BCUT2D eigenvalue weighted by Crippen LogP contribution is -2.10. The summed E-state index contributed by atoms with van der Waals surface area (Å²) in [5, 5.41) is 1.05. The molecule has 1 aromatic carbocycles. The summed E-state index contributed by atoms with van der Waals surface area (Å²) in [6, 6.07) is 13.3. The maximum absolute atomic E-state index is 11.6. The van der Waals surface area contributed by atoms with Crippen molar-refractivity contribution in [3.63, 3.8) is 0 Å². The highest BCUT2D eigenvalue weighted by Gasteiger charge is 2.11. The van der Waals surface area contributed by atoms with Gasteiger partial charge in [-0.3, -0.25) is 14.7 Å². The van der Waals surface area contributed by atoms with Gasteiger partial charge in [0.15, 0.2) is 5.15 Å². The predicted molar refractivity (Wildman–Crippen MR) is 112 cm³/mol. The Morgan fingerprint density at radius 2 is 1.79 bits per heavy atom. The Bertz CT molecular complexity index is 1280. The highest BCUT2D eigenvalue weighted by atomic mass is 35.5. The Labute approximate surface area is 167 Å². The van der Waals surface area contributed by atoms with Crippen LogP contribution < -0.4 is 4.72 Å². The average molecular weight is 411 g/mol. The maximum atomic E-state index is 11.6. The summed E-state index contributed by atoms with van der Waals surface area (Å²) in [5.41, 5.74) is 4.68. The van der Waals surface area contributed by atoms with Crippen molar-refractivity contribution in [1.82, 2.24) is 15.0 Å². The number of fused-ring (bicyclic) bond motifs is 1. The quantitative estimate of drug-likeness (QED) is 0.504. The van der Waals surface area contributed by atoms with Crippen LogP contribution in [0.3, 0.4) is 0 Å². The standard InChI is InChI=1S/C20H15ClN4O2S/c1-28(26,27)25-19-10-15(12-24-20(19)21)13-4-5-18-17(9-13)16(6-8-23-18)14-3-2-7-22-11-14/h2-12,25H,1H3. The molecule has 0 bridgehead atoms. The van der Waals surface area contributed by atoms with Gasteiger partial charge in [-0.15, -0.1) is 0 Å². The summed E-state index contributed by atoms with van der Waals surface area (Å²) in [6.45, 7) is 0. The molecular weight excluding hydrogens is 396 g/mol. The SMILES string of the molecule is CS(=O)(=O)Nc1cc(-c2ccc3nccc(-c4cccnc4)c3c2)cnc1Cl. The molecule has 0 aliphatic carbocycles. The van der Waals surface area contributed by atoms with E-state index in [9.17, 15) is 8.42 Å². The van der Waals surface area contributed by atoms with Crippen LogP contribution in [0.2, 0.25) is 5.15 Å². The van der Waals surface area contributed by atoms with Crippen LogP contribution in [0.4, 0.5) is 5.69 Å². The van der Waals surface area contributed by atoms with Crippen LogP contribution in [0.15, 0.2) is 67.3 Å². The number of hydrogen-bond acceptors (Lipinski definition) is 5. The molecule has 3 heterocycles. The molecule has 140 valence electrons. The Balaban J connectivity index is 1.86. The van der Waals surface area contributed by atoms with Gasteiger partial charge in [-0.1, -0.05) is 23.7 Å². The Morgan fingerprint density at radius 1 is 0.929 bits per heavy atom. The van der Waals surface area contributed by atoms with Crippen LogP contribution in [0.5, 0.6) is 0 Å². The first kappa shape index (κ1) is 18.3. The third-order valence-electron chi connectivity index (χ3n) is 4.18. The smallest absolute Gasteiger partial charge is 0.229 e. The van der Waals surface area contributed by atoms with Crippen molar-refractivity contribution < 1.29 is 8.42 Å². The van der Waals surface area contributed by atoms with Crippen molar-refractivity contribution in [1.29, 1.82) is 0 Å². The van der Waals surface area contributed by atoms with E-state index in [1.807, 2.05) is 36.4 Å². The van der Waals surface area contributed by atoms with Crippen LogP contribution >= 0.6 is 11.6 Å². The second-order valence-corrected chi connectivity index (χ2v) is 8.38. The summed E-state index contributed by atoms with van der Waals surface area (Å²) in [4.78, 5) is 12.7. The van der Waals surface area contributed by atoms with Crippen molar-refractivity contribution in [2.45, 2.75) is 0 Å². The van der Waals surface area contributed by atoms with Crippen LogP contribution in [0, 0.1) is 0 Å². The molecule has 0 saturated carbocycles. The van der Waals surface area contributed by atoms with E-state index in [4.69, 9.17) is 11.6 Å². The summed E-state index contributed by atoms with van der Waals surface area (Å²) >= 11 is 6.04. The zero-order valence-corrected chi connectivity index (χ0v) is 16.4. The molecule has 1 N–H and O–H groups in total. The predicted octanol–water partition coefficient (Wildman–Crippen LogP) is 4.38. The van der Waals surface area contributed by atoms with Crippen molar-refractivity contribution >= 4 is 38.2 Å². The molecular formula is C20H15ClN4O2S. The lowest BCUT2D eigenvalue weighted by atomic mass is 9.99. The first-order valence-corrected chi connectivity index (χ1v) is 10.6. The molecule has 0 aliphatic heterocycles. The van der Waals surface area contributed by atoms with Crippen molar-refractivity contribution in [2.75, 3.05) is 11.0 Å². The van der Waals surface area contributed by atoms with Crippen LogP contribution in [0.1, 0.15) is 0 Å². The number of rotatable bonds is 4. The number of benzene rings is 1. The van der Waals surface area contributed by atoms with Gasteiger partial charge in [0.2, 0.25) is 10.0 Å². The van der Waals surface area contributed by atoms with Gasteiger partial charge in [0, 0.05) is 41.3 Å². The lowest BCUT2D eigenvalue weighted by molar-refractivity contribution is 0.607. The van der Waals surface area contributed by atoms with E-state index in [1.165, 1.54) is 0 Å². The first-order chi connectivity index (χ1) is 13.4. The largest absolute Gasteiger partial charge is 0.281 e. The van der Waals surface area contributed by atoms with E-state index in [1.54, 1.807) is 30.9 Å². The molecule has 0 amide bonds. The third kappa shape index (κ3) is 3.81. The topological polar surface area (TPSA) is 84.8 Å². The van der Waals surface area contributed by atoms with Crippen molar-refractivity contribution in [2.24, 2.45) is 0 Å². The van der Waals surface area contributed by atoms with Gasteiger partial charge in [0.05, 0.1) is 17.5 Å². The van der Waals surface area contributed by atoms with E-state index in [0.29, 0.717) is 0 Å². The number of nitrogens with one attached hydrogen (secondary N) is 1. The highest BCUT2D eigenvalue weighted by molar-refractivity contribution is 7.92. The summed E-state index contributed by atoms with van der Waals surface area (Å²) in [7, 11) is -3.47. The van der Waals surface area contributed by atoms with Crippen LogP contribution in [-0.4, -0.2) is 29.6 Å². The van der Waals surface area contributed by atoms with Crippen LogP contribution in [-0.2, 0) is 10.0 Å². The summed E-state index contributed by atoms with van der Waals surface area (Å²) in [5.74, 6) is 0. The van der Waals surface area contributed by atoms with Crippen molar-refractivity contribution in [3.8, 4) is 22.3 Å². The molecule has 0 unspecified atom stereocenters. The molecule has 0 aliphatic rings. The lowest BCUT2D eigenvalue weighted by Gasteiger charge is -2.11. The maximum Gasteiger partial charge on any atom is 0.229 e. The number of hydrogen-bond donors (Lipinski definition) is 1. The molecule has 4 aromatic rings. The molecule has 4 rings (SSSR count). The van der Waals surface area contributed by atoms with Gasteiger partial charge in [0.25, 0.3) is 0 Å². The second-order valence-electron chi connectivity index (χ2n) is 6.27. The molecule has 8 heteroatoms. The minimum atomic E-state index is -3.47. The number of pyridine rings is 3. The summed E-state index contributed by atoms with van der Waals surface area (Å²) < 4.78 is 25.5. The molecule has 0 atom stereocenters. The average Bonchev–Trinajstić information content (AvgIpc) is 2.68.